The van der Waals surface area contributed by atoms with E-state index < -0.39 is 6.26 Å². The van der Waals surface area contributed by atoms with E-state index in [-0.39, 0.29) is 11.3 Å². The fourth-order valence-electron chi connectivity index (χ4n) is 1.37. The first-order valence-electron chi connectivity index (χ1n) is 4.42. The number of aldehydes is 1. The van der Waals surface area contributed by atoms with Gasteiger partial charge < -0.3 is 5.11 Å². The van der Waals surface area contributed by atoms with E-state index in [9.17, 15) is 9.90 Å². The average molecular weight is 173 g/mol. The molecule has 0 radical (unpaired) electrons. The van der Waals surface area contributed by atoms with Crippen molar-refractivity contribution in [2.75, 3.05) is 0 Å². The molecular formula is C11H8O2. The Kier molecular flexibility index (Phi) is 1.49. The number of phenols is 1. The van der Waals surface area contributed by atoms with Gasteiger partial charge in [0.2, 0.25) is 0 Å². The highest BCUT2D eigenvalue weighted by atomic mass is 16.3. The van der Waals surface area contributed by atoms with Crippen molar-refractivity contribution in [1.29, 1.82) is 0 Å². The number of rotatable bonds is 1. The van der Waals surface area contributed by atoms with E-state index >= 15 is 0 Å². The summed E-state index contributed by atoms with van der Waals surface area (Å²) in [6.45, 7) is 0. The Hall–Kier alpha value is -1.83. The van der Waals surface area contributed by atoms with Gasteiger partial charge in [0.05, 0.1) is 5.56 Å². The molecule has 2 rings (SSSR count). The van der Waals surface area contributed by atoms with Crippen molar-refractivity contribution in [3.63, 3.8) is 0 Å². The molecule has 0 heterocycles. The van der Waals surface area contributed by atoms with Gasteiger partial charge in [-0.15, -0.1) is 0 Å². The first-order chi connectivity index (χ1) is 6.70. The van der Waals surface area contributed by atoms with Gasteiger partial charge in [-0.2, -0.15) is 0 Å². The van der Waals surface area contributed by atoms with Gasteiger partial charge >= 0.3 is 0 Å². The lowest BCUT2D eigenvalue weighted by atomic mass is 10.0. The first kappa shape index (κ1) is 6.66. The fourth-order valence-corrected chi connectivity index (χ4v) is 1.37. The lowest BCUT2D eigenvalue weighted by Gasteiger charge is -2.01. The van der Waals surface area contributed by atoms with Gasteiger partial charge in [0.15, 0.2) is 6.26 Å². The van der Waals surface area contributed by atoms with Crippen LogP contribution in [0.4, 0.5) is 0 Å². The van der Waals surface area contributed by atoms with E-state index in [1.54, 1.807) is 18.2 Å². The quantitative estimate of drug-likeness (QED) is 0.672. The molecule has 0 saturated carbocycles. The number of hydrogen-bond donors (Lipinski definition) is 1. The largest absolute Gasteiger partial charge is 0.507 e. The highest BCUT2D eigenvalue weighted by Crippen LogP contribution is 2.24. The summed E-state index contributed by atoms with van der Waals surface area (Å²) in [5, 5.41) is 10.9. The number of carbonyl (C=O) groups excluding carboxylic acids is 1. The van der Waals surface area contributed by atoms with Gasteiger partial charge in [-0.3, -0.25) is 4.79 Å². The second kappa shape index (κ2) is 2.90. The zero-order valence-corrected chi connectivity index (χ0v) is 6.82. The third kappa shape index (κ3) is 1.16. The third-order valence-corrected chi connectivity index (χ3v) is 2.01. The van der Waals surface area contributed by atoms with Crippen molar-refractivity contribution >= 4 is 17.0 Å². The molecule has 0 aliphatic rings. The van der Waals surface area contributed by atoms with Gasteiger partial charge in [-0.05, 0) is 16.8 Å². The molecule has 2 aromatic carbocycles. The van der Waals surface area contributed by atoms with Crippen LogP contribution in [0, 0.1) is 0 Å². The van der Waals surface area contributed by atoms with Crippen LogP contribution in [0.25, 0.3) is 10.8 Å². The molecule has 0 amide bonds. The monoisotopic (exact) mass is 173 g/mol. The summed E-state index contributed by atoms with van der Waals surface area (Å²) < 4.78 is 7.04. The molecule has 2 heteroatoms. The van der Waals surface area contributed by atoms with Crippen molar-refractivity contribution in [2.24, 2.45) is 0 Å². The molecule has 0 saturated heterocycles. The third-order valence-electron chi connectivity index (χ3n) is 2.01. The van der Waals surface area contributed by atoms with Crippen LogP contribution in [0.3, 0.4) is 0 Å². The Labute approximate surface area is 76.8 Å². The molecule has 0 unspecified atom stereocenters. The Morgan fingerprint density at radius 3 is 2.77 bits per heavy atom. The minimum atomic E-state index is -0.862. The van der Waals surface area contributed by atoms with Crippen LogP contribution in [0.1, 0.15) is 11.7 Å². The predicted molar refractivity (Wildman–Crippen MR) is 51.0 cm³/mol. The first-order valence-corrected chi connectivity index (χ1v) is 3.92. The number of phenolic OH excluding ortho intramolecular Hbond substituents is 1. The molecule has 0 fully saturated rings. The zero-order chi connectivity index (χ0) is 10.1. The zero-order valence-electron chi connectivity index (χ0n) is 7.82. The number of hydrogen-bond acceptors (Lipinski definition) is 2. The number of benzene rings is 2. The topological polar surface area (TPSA) is 37.3 Å². The maximum atomic E-state index is 11.0. The fraction of sp³-hybridized carbons (Fsp3) is 0. The maximum Gasteiger partial charge on any atom is 0.154 e. The summed E-state index contributed by atoms with van der Waals surface area (Å²) in [4.78, 5) is 11.0. The Morgan fingerprint density at radius 1 is 1.23 bits per heavy atom. The molecule has 1 N–H and O–H groups in total. The minimum Gasteiger partial charge on any atom is -0.507 e. The van der Waals surface area contributed by atoms with Gasteiger partial charge in [0, 0.05) is 0 Å². The van der Waals surface area contributed by atoms with Crippen LogP contribution < -0.4 is 0 Å². The standard InChI is InChI=1S/C11H8O2/c12-7-10-9-4-2-1-3-8(9)5-6-11(10)13/h1-7,13H/i7D. The Morgan fingerprint density at radius 2 is 2.00 bits per heavy atom. The van der Waals surface area contributed by atoms with Crippen molar-refractivity contribution in [2.45, 2.75) is 0 Å². The summed E-state index contributed by atoms with van der Waals surface area (Å²) in [6, 6.07) is 10.3. The van der Waals surface area contributed by atoms with Crippen molar-refractivity contribution < 1.29 is 11.3 Å². The van der Waals surface area contributed by atoms with Gasteiger partial charge in [0.25, 0.3) is 0 Å². The minimum absolute atomic E-state index is 0.0723. The molecule has 0 spiro atoms. The van der Waals surface area contributed by atoms with E-state index in [0.29, 0.717) is 5.39 Å². The molecule has 0 aliphatic carbocycles. The van der Waals surface area contributed by atoms with Crippen molar-refractivity contribution in [1.82, 2.24) is 0 Å². The van der Waals surface area contributed by atoms with E-state index in [4.69, 9.17) is 1.37 Å². The lowest BCUT2D eigenvalue weighted by molar-refractivity contribution is 0.112. The lowest BCUT2D eigenvalue weighted by Crippen LogP contribution is -1.83. The molecule has 0 aliphatic heterocycles. The Bertz CT molecular complexity index is 506. The predicted octanol–water partition coefficient (Wildman–Crippen LogP) is 2.36. The molecule has 0 bridgehead atoms. The van der Waals surface area contributed by atoms with Gasteiger partial charge in [0.1, 0.15) is 7.12 Å². The second-order valence-electron chi connectivity index (χ2n) is 2.78. The molecule has 2 nitrogen and oxygen atoms in total. The van der Waals surface area contributed by atoms with Crippen molar-refractivity contribution in [3.8, 4) is 5.75 Å². The van der Waals surface area contributed by atoms with Crippen molar-refractivity contribution in [3.05, 3.63) is 42.0 Å². The maximum absolute atomic E-state index is 11.0. The summed E-state index contributed by atoms with van der Waals surface area (Å²) >= 11 is 0. The highest BCUT2D eigenvalue weighted by molar-refractivity contribution is 6.00. The number of aromatic hydroxyl groups is 1. The van der Waals surface area contributed by atoms with Gasteiger partial charge in [-0.25, -0.2) is 0 Å². The summed E-state index contributed by atoms with van der Waals surface area (Å²) in [5.74, 6) is -0.135. The Balaban J connectivity index is 2.90. The van der Waals surface area contributed by atoms with E-state index in [1.807, 2.05) is 12.1 Å². The van der Waals surface area contributed by atoms with Crippen LogP contribution >= 0.6 is 0 Å². The SMILES string of the molecule is [2H]C(=O)c1c(O)ccc2ccccc12. The number of fused-ring (bicyclic) bond motifs is 1. The summed E-state index contributed by atoms with van der Waals surface area (Å²) in [6.07, 6.45) is -0.862. The molecule has 13 heavy (non-hydrogen) atoms. The second-order valence-corrected chi connectivity index (χ2v) is 2.78. The van der Waals surface area contributed by atoms with E-state index in [2.05, 4.69) is 0 Å². The van der Waals surface area contributed by atoms with Gasteiger partial charge in [-0.1, -0.05) is 30.3 Å². The summed E-state index contributed by atoms with van der Waals surface area (Å²) in [7, 11) is 0. The van der Waals surface area contributed by atoms with Crippen LogP contribution in [0.15, 0.2) is 36.4 Å². The van der Waals surface area contributed by atoms with E-state index in [1.165, 1.54) is 6.07 Å². The molecule has 64 valence electrons. The van der Waals surface area contributed by atoms with Crippen LogP contribution in [-0.2, 0) is 0 Å². The molecule has 0 atom stereocenters. The highest BCUT2D eigenvalue weighted by Gasteiger charge is 2.03. The molecule has 0 aromatic heterocycles. The number of carbonyl (C=O) groups is 1. The average Bonchev–Trinajstić information content (AvgIpc) is 2.17. The van der Waals surface area contributed by atoms with E-state index in [0.717, 1.165) is 5.39 Å². The van der Waals surface area contributed by atoms with Crippen LogP contribution in [0.5, 0.6) is 5.75 Å². The molecule has 2 aromatic rings. The van der Waals surface area contributed by atoms with Crippen LogP contribution in [-0.4, -0.2) is 11.4 Å². The molecular weight excluding hydrogens is 164 g/mol. The smallest absolute Gasteiger partial charge is 0.154 e. The normalized spacial score (nSPS) is 11.2. The summed E-state index contributed by atoms with van der Waals surface area (Å²) in [5.41, 5.74) is 0.0723. The van der Waals surface area contributed by atoms with Crippen LogP contribution in [0.2, 0.25) is 0 Å².